The molecule has 0 aliphatic rings. The lowest BCUT2D eigenvalue weighted by molar-refractivity contribution is 0.251. The largest absolute Gasteiger partial charge is 0.490 e. The molecule has 0 saturated heterocycles. The lowest BCUT2D eigenvalue weighted by Crippen LogP contribution is -2.02. The third-order valence-corrected chi connectivity index (χ3v) is 5.29. The Labute approximate surface area is 170 Å². The molecule has 3 aromatic rings. The molecule has 0 bridgehead atoms. The quantitative estimate of drug-likeness (QED) is 0.397. The summed E-state index contributed by atoms with van der Waals surface area (Å²) >= 11 is 2.94. The molecule has 0 unspecified atom stereocenters. The number of nitrogens with two attached hydrogens (primary N) is 2. The first-order chi connectivity index (χ1) is 13.6. The van der Waals surface area contributed by atoms with Crippen LogP contribution in [0.3, 0.4) is 0 Å². The van der Waals surface area contributed by atoms with Gasteiger partial charge >= 0.3 is 0 Å². The van der Waals surface area contributed by atoms with E-state index < -0.39 is 6.67 Å². The molecule has 0 fully saturated rings. The molecule has 0 amide bonds. The molecule has 3 rings (SSSR count). The van der Waals surface area contributed by atoms with E-state index in [1.807, 2.05) is 24.4 Å². The van der Waals surface area contributed by atoms with Gasteiger partial charge in [0.2, 0.25) is 0 Å². The second-order valence-corrected chi connectivity index (χ2v) is 7.37. The maximum Gasteiger partial charge on any atom is 0.191 e. The van der Waals surface area contributed by atoms with Gasteiger partial charge in [-0.1, -0.05) is 11.8 Å². The lowest BCUT2D eigenvalue weighted by Gasteiger charge is -2.11. The number of thioether (sulfide) groups is 1. The molecule has 0 atom stereocenters. The summed E-state index contributed by atoms with van der Waals surface area (Å²) in [5, 5.41) is 3.34. The van der Waals surface area contributed by atoms with E-state index in [4.69, 9.17) is 20.9 Å². The molecule has 0 spiro atoms. The Morgan fingerprint density at radius 2 is 1.86 bits per heavy atom. The molecule has 148 valence electrons. The van der Waals surface area contributed by atoms with E-state index in [0.717, 1.165) is 16.3 Å². The third-order valence-electron chi connectivity index (χ3n) is 3.47. The Kier molecular flexibility index (Phi) is 6.88. The lowest BCUT2D eigenvalue weighted by atomic mass is 10.2. The predicted octanol–water partition coefficient (Wildman–Crippen LogP) is 3.80. The second kappa shape index (κ2) is 9.56. The highest BCUT2D eigenvalue weighted by molar-refractivity contribution is 7.98. The van der Waals surface area contributed by atoms with Crippen molar-refractivity contribution in [3.63, 3.8) is 0 Å². The van der Waals surface area contributed by atoms with Gasteiger partial charge in [0.1, 0.15) is 29.9 Å². The number of nitrogens with zero attached hydrogens (tertiary/aromatic N) is 3. The summed E-state index contributed by atoms with van der Waals surface area (Å²) in [6, 6.07) is 7.03. The van der Waals surface area contributed by atoms with Crippen LogP contribution < -0.4 is 20.9 Å². The van der Waals surface area contributed by atoms with Gasteiger partial charge in [-0.15, -0.1) is 11.3 Å². The van der Waals surface area contributed by atoms with Crippen LogP contribution in [0.15, 0.2) is 34.8 Å². The van der Waals surface area contributed by atoms with Crippen LogP contribution in [-0.2, 0) is 5.75 Å². The standard InChI is InChI=1S/C18H20FN5O2S2/c1-2-25-14-7-11(3-4-13(14)26-6-5-19)17-22-12(9-27-17)10-28-18-23-15(20)8-16(21)24-18/h3-4,7-9H,2,5-6,10H2,1H3,(H4,20,21,23,24). The first-order valence-electron chi connectivity index (χ1n) is 8.52. The number of anilines is 2. The molecule has 2 aromatic heterocycles. The fourth-order valence-corrected chi connectivity index (χ4v) is 4.04. The summed E-state index contributed by atoms with van der Waals surface area (Å²) in [6.07, 6.45) is 0. The minimum atomic E-state index is -0.552. The zero-order valence-corrected chi connectivity index (χ0v) is 16.9. The number of thiazole rings is 1. The molecular formula is C18H20FN5O2S2. The van der Waals surface area contributed by atoms with Crippen molar-refractivity contribution in [1.82, 2.24) is 15.0 Å². The van der Waals surface area contributed by atoms with E-state index in [1.54, 1.807) is 6.07 Å². The Bertz CT molecular complexity index is 918. The van der Waals surface area contributed by atoms with Crippen molar-refractivity contribution in [3.8, 4) is 22.1 Å². The smallest absolute Gasteiger partial charge is 0.191 e. The maximum atomic E-state index is 12.4. The monoisotopic (exact) mass is 421 g/mol. The van der Waals surface area contributed by atoms with Gasteiger partial charge < -0.3 is 20.9 Å². The van der Waals surface area contributed by atoms with Gasteiger partial charge in [-0.25, -0.2) is 19.3 Å². The van der Waals surface area contributed by atoms with Gasteiger partial charge in [-0.2, -0.15) is 0 Å². The van der Waals surface area contributed by atoms with Crippen LogP contribution in [0.2, 0.25) is 0 Å². The number of alkyl halides is 1. The van der Waals surface area contributed by atoms with Crippen LogP contribution in [0.5, 0.6) is 11.5 Å². The van der Waals surface area contributed by atoms with Gasteiger partial charge in [0, 0.05) is 22.8 Å². The van der Waals surface area contributed by atoms with Crippen molar-refractivity contribution in [1.29, 1.82) is 0 Å². The van der Waals surface area contributed by atoms with E-state index in [-0.39, 0.29) is 6.61 Å². The summed E-state index contributed by atoms with van der Waals surface area (Å²) in [7, 11) is 0. The van der Waals surface area contributed by atoms with Gasteiger partial charge in [0.05, 0.1) is 12.3 Å². The number of ether oxygens (including phenoxy) is 2. The zero-order valence-electron chi connectivity index (χ0n) is 15.2. The molecule has 4 N–H and O–H groups in total. The number of benzene rings is 1. The van der Waals surface area contributed by atoms with Crippen molar-refractivity contribution in [2.24, 2.45) is 0 Å². The van der Waals surface area contributed by atoms with Crippen molar-refractivity contribution in [2.75, 3.05) is 31.4 Å². The molecule has 0 aliphatic carbocycles. The molecule has 1 aromatic carbocycles. The number of aromatic nitrogens is 3. The van der Waals surface area contributed by atoms with Crippen molar-refractivity contribution in [3.05, 3.63) is 35.3 Å². The highest BCUT2D eigenvalue weighted by Crippen LogP contribution is 2.34. The fraction of sp³-hybridized carbons (Fsp3) is 0.278. The summed E-state index contributed by atoms with van der Waals surface area (Å²) in [6.45, 7) is 1.81. The van der Waals surface area contributed by atoms with Gasteiger partial charge in [-0.05, 0) is 25.1 Å². The molecule has 0 saturated carbocycles. The molecular weight excluding hydrogens is 401 g/mol. The molecule has 0 aliphatic heterocycles. The highest BCUT2D eigenvalue weighted by atomic mass is 32.2. The Balaban J connectivity index is 1.72. The highest BCUT2D eigenvalue weighted by Gasteiger charge is 2.12. The minimum Gasteiger partial charge on any atom is -0.490 e. The third kappa shape index (κ3) is 5.23. The number of hydrogen-bond acceptors (Lipinski definition) is 9. The van der Waals surface area contributed by atoms with Gasteiger partial charge in [0.15, 0.2) is 16.7 Å². The Morgan fingerprint density at radius 3 is 2.57 bits per heavy atom. The number of rotatable bonds is 9. The normalized spacial score (nSPS) is 10.8. The van der Waals surface area contributed by atoms with Crippen LogP contribution in [-0.4, -0.2) is 34.8 Å². The SMILES string of the molecule is CCOc1cc(-c2nc(CSc3nc(N)cc(N)n3)cs2)ccc1OCCF. The Morgan fingerprint density at radius 1 is 1.07 bits per heavy atom. The zero-order chi connectivity index (χ0) is 19.9. The first kappa shape index (κ1) is 20.2. The van der Waals surface area contributed by atoms with E-state index in [1.165, 1.54) is 29.2 Å². The number of nitrogen functional groups attached to an aromatic ring is 2. The summed E-state index contributed by atoms with van der Waals surface area (Å²) in [5.41, 5.74) is 13.2. The topological polar surface area (TPSA) is 109 Å². The fourth-order valence-electron chi connectivity index (χ4n) is 2.35. The van der Waals surface area contributed by atoms with Crippen molar-refractivity contribution >= 4 is 34.7 Å². The van der Waals surface area contributed by atoms with Crippen molar-refractivity contribution in [2.45, 2.75) is 17.8 Å². The molecule has 28 heavy (non-hydrogen) atoms. The van der Waals surface area contributed by atoms with E-state index in [0.29, 0.717) is 40.7 Å². The van der Waals surface area contributed by atoms with Crippen LogP contribution in [0, 0.1) is 0 Å². The first-order valence-corrected chi connectivity index (χ1v) is 10.4. The second-order valence-electron chi connectivity index (χ2n) is 5.56. The van der Waals surface area contributed by atoms with Crippen LogP contribution >= 0.6 is 23.1 Å². The number of hydrogen-bond donors (Lipinski definition) is 2. The average molecular weight is 422 g/mol. The van der Waals surface area contributed by atoms with E-state index in [2.05, 4.69) is 15.0 Å². The van der Waals surface area contributed by atoms with Gasteiger partial charge in [0.25, 0.3) is 0 Å². The predicted molar refractivity (Wildman–Crippen MR) is 111 cm³/mol. The van der Waals surface area contributed by atoms with E-state index >= 15 is 0 Å². The van der Waals surface area contributed by atoms with Crippen molar-refractivity contribution < 1.29 is 13.9 Å². The summed E-state index contributed by atoms with van der Waals surface area (Å²) in [4.78, 5) is 13.0. The van der Waals surface area contributed by atoms with Crippen LogP contribution in [0.1, 0.15) is 12.6 Å². The van der Waals surface area contributed by atoms with Crippen LogP contribution in [0.25, 0.3) is 10.6 Å². The minimum absolute atomic E-state index is 0.00533. The molecule has 0 radical (unpaired) electrons. The van der Waals surface area contributed by atoms with E-state index in [9.17, 15) is 4.39 Å². The molecule has 2 heterocycles. The van der Waals surface area contributed by atoms with Crippen LogP contribution in [0.4, 0.5) is 16.0 Å². The molecule has 7 nitrogen and oxygen atoms in total. The summed E-state index contributed by atoms with van der Waals surface area (Å²) < 4.78 is 23.4. The maximum absolute atomic E-state index is 12.4. The summed E-state index contributed by atoms with van der Waals surface area (Å²) in [5.74, 6) is 2.37. The average Bonchev–Trinajstić information content (AvgIpc) is 3.14. The van der Waals surface area contributed by atoms with Gasteiger partial charge in [-0.3, -0.25) is 0 Å². The number of halogens is 1. The molecule has 10 heteroatoms. The Hall–Kier alpha value is -2.59.